The van der Waals surface area contributed by atoms with Gasteiger partial charge in [-0.15, -0.1) is 0 Å². The molecule has 140 valence electrons. The Morgan fingerprint density at radius 2 is 2.04 bits per heavy atom. The van der Waals surface area contributed by atoms with Crippen LogP contribution in [0.25, 0.3) is 5.70 Å². The van der Waals surface area contributed by atoms with Crippen LogP contribution < -0.4 is 0 Å². The molecule has 2 heterocycles. The molecule has 1 aliphatic heterocycles. The largest absolute Gasteiger partial charge is 0.510 e. The molecule has 0 saturated carbocycles. The summed E-state index contributed by atoms with van der Waals surface area (Å²) in [7, 11) is 0. The SMILES string of the molecule is CC1(C(O)=C(Cc2cccc(C(F)(F)F)c2)n2cncn2)COCOC1. The molecule has 0 spiro atoms. The van der Waals surface area contributed by atoms with Gasteiger partial charge in [0.05, 0.1) is 29.9 Å². The van der Waals surface area contributed by atoms with Crippen molar-refractivity contribution in [1.29, 1.82) is 0 Å². The van der Waals surface area contributed by atoms with Gasteiger partial charge >= 0.3 is 6.18 Å². The molecule has 0 unspecified atom stereocenters. The Kier molecular flexibility index (Phi) is 5.01. The summed E-state index contributed by atoms with van der Waals surface area (Å²) in [5.74, 6) is -0.0555. The average molecular weight is 369 g/mol. The van der Waals surface area contributed by atoms with Crippen LogP contribution in [0.4, 0.5) is 13.2 Å². The number of aliphatic hydroxyl groups is 1. The van der Waals surface area contributed by atoms with Crippen LogP contribution in [-0.4, -0.2) is 39.9 Å². The van der Waals surface area contributed by atoms with E-state index in [0.717, 1.165) is 12.1 Å². The number of aliphatic hydroxyl groups excluding tert-OH is 1. The molecule has 9 heteroatoms. The molecule has 1 N–H and O–H groups in total. The number of aromatic nitrogens is 3. The van der Waals surface area contributed by atoms with Crippen LogP contribution >= 0.6 is 0 Å². The Morgan fingerprint density at radius 3 is 2.65 bits per heavy atom. The number of hydrogen-bond donors (Lipinski definition) is 1. The molecule has 0 atom stereocenters. The van der Waals surface area contributed by atoms with E-state index in [1.165, 1.54) is 23.4 Å². The lowest BCUT2D eigenvalue weighted by Crippen LogP contribution is -2.37. The second kappa shape index (κ2) is 7.08. The van der Waals surface area contributed by atoms with Gasteiger partial charge in [-0.25, -0.2) is 9.67 Å². The number of nitrogens with zero attached hydrogens (tertiary/aromatic N) is 3. The highest BCUT2D eigenvalue weighted by atomic mass is 19.4. The Bertz CT molecular complexity index is 782. The predicted molar refractivity (Wildman–Crippen MR) is 85.9 cm³/mol. The minimum absolute atomic E-state index is 0.0364. The van der Waals surface area contributed by atoms with E-state index in [9.17, 15) is 18.3 Å². The maximum absolute atomic E-state index is 13.0. The molecule has 1 aromatic carbocycles. The van der Waals surface area contributed by atoms with E-state index in [1.807, 2.05) is 0 Å². The number of benzene rings is 1. The third-order valence-electron chi connectivity index (χ3n) is 4.17. The molecule has 1 saturated heterocycles. The van der Waals surface area contributed by atoms with Crippen LogP contribution in [0.2, 0.25) is 0 Å². The Labute approximate surface area is 147 Å². The Balaban J connectivity index is 2.00. The van der Waals surface area contributed by atoms with Gasteiger partial charge in [-0.2, -0.15) is 18.3 Å². The molecule has 0 amide bonds. The highest BCUT2D eigenvalue weighted by molar-refractivity contribution is 5.53. The zero-order chi connectivity index (χ0) is 18.8. The number of hydrogen-bond acceptors (Lipinski definition) is 5. The lowest BCUT2D eigenvalue weighted by atomic mass is 9.87. The van der Waals surface area contributed by atoms with E-state index in [2.05, 4.69) is 10.1 Å². The van der Waals surface area contributed by atoms with Crippen molar-refractivity contribution in [2.75, 3.05) is 20.0 Å². The van der Waals surface area contributed by atoms with E-state index in [4.69, 9.17) is 9.47 Å². The van der Waals surface area contributed by atoms with Gasteiger partial charge in [-0.05, 0) is 18.6 Å². The lowest BCUT2D eigenvalue weighted by molar-refractivity contribution is -0.155. The van der Waals surface area contributed by atoms with Crippen LogP contribution in [0.3, 0.4) is 0 Å². The molecule has 0 radical (unpaired) electrons. The number of halogens is 3. The van der Waals surface area contributed by atoms with Gasteiger partial charge < -0.3 is 14.6 Å². The summed E-state index contributed by atoms with van der Waals surface area (Å²) in [5, 5.41) is 14.9. The fourth-order valence-corrected chi connectivity index (χ4v) is 2.79. The van der Waals surface area contributed by atoms with Gasteiger partial charge in [-0.3, -0.25) is 0 Å². The molecular weight excluding hydrogens is 351 g/mol. The van der Waals surface area contributed by atoms with Crippen molar-refractivity contribution < 1.29 is 27.8 Å². The van der Waals surface area contributed by atoms with Crippen molar-refractivity contribution in [2.24, 2.45) is 5.41 Å². The third-order valence-corrected chi connectivity index (χ3v) is 4.17. The van der Waals surface area contributed by atoms with Crippen molar-refractivity contribution in [3.8, 4) is 0 Å². The van der Waals surface area contributed by atoms with Crippen LogP contribution in [0.5, 0.6) is 0 Å². The monoisotopic (exact) mass is 369 g/mol. The fraction of sp³-hybridized carbons (Fsp3) is 0.412. The average Bonchev–Trinajstić information content (AvgIpc) is 3.13. The van der Waals surface area contributed by atoms with E-state index >= 15 is 0 Å². The number of ether oxygens (including phenoxy) is 2. The molecule has 1 aliphatic rings. The third kappa shape index (κ3) is 3.88. The first kappa shape index (κ1) is 18.4. The van der Waals surface area contributed by atoms with E-state index in [-0.39, 0.29) is 32.2 Å². The highest BCUT2D eigenvalue weighted by Crippen LogP contribution is 2.34. The second-order valence-corrected chi connectivity index (χ2v) is 6.39. The van der Waals surface area contributed by atoms with Gasteiger partial charge in [-0.1, -0.05) is 18.2 Å². The Hall–Kier alpha value is -2.39. The van der Waals surface area contributed by atoms with Gasteiger partial charge in [0, 0.05) is 6.42 Å². The molecule has 26 heavy (non-hydrogen) atoms. The second-order valence-electron chi connectivity index (χ2n) is 6.39. The summed E-state index contributed by atoms with van der Waals surface area (Å²) < 4.78 is 50.8. The maximum Gasteiger partial charge on any atom is 0.416 e. The molecule has 2 aromatic rings. The van der Waals surface area contributed by atoms with Gasteiger partial charge in [0.25, 0.3) is 0 Å². The molecule has 3 rings (SSSR count). The molecule has 6 nitrogen and oxygen atoms in total. The van der Waals surface area contributed by atoms with Crippen LogP contribution in [0.1, 0.15) is 18.1 Å². The topological polar surface area (TPSA) is 69.4 Å². The first-order valence-corrected chi connectivity index (χ1v) is 7.89. The summed E-state index contributed by atoms with van der Waals surface area (Å²) in [6.07, 6.45) is -1.73. The Morgan fingerprint density at radius 1 is 1.31 bits per heavy atom. The number of rotatable bonds is 4. The first-order valence-electron chi connectivity index (χ1n) is 7.89. The van der Waals surface area contributed by atoms with Gasteiger partial charge in [0.15, 0.2) is 0 Å². The fourth-order valence-electron chi connectivity index (χ4n) is 2.79. The minimum atomic E-state index is -4.44. The quantitative estimate of drug-likeness (QED) is 0.838. The zero-order valence-electron chi connectivity index (χ0n) is 14.0. The lowest BCUT2D eigenvalue weighted by Gasteiger charge is -2.33. The summed E-state index contributed by atoms with van der Waals surface area (Å²) in [4.78, 5) is 3.86. The summed E-state index contributed by atoms with van der Waals surface area (Å²) in [6, 6.07) is 4.96. The predicted octanol–water partition coefficient (Wildman–Crippen LogP) is 3.28. The molecular formula is C17H18F3N3O3. The van der Waals surface area contributed by atoms with E-state index in [1.54, 1.807) is 13.0 Å². The van der Waals surface area contributed by atoms with Crippen LogP contribution in [-0.2, 0) is 22.1 Å². The molecule has 1 fully saturated rings. The van der Waals surface area contributed by atoms with Crippen molar-refractivity contribution in [1.82, 2.24) is 14.8 Å². The molecule has 1 aromatic heterocycles. The zero-order valence-corrected chi connectivity index (χ0v) is 14.0. The standard InChI is InChI=1S/C17H18F3N3O3/c1-16(7-25-11-26-8-16)15(24)14(23-10-21-9-22-23)6-12-3-2-4-13(5-12)17(18,19)20/h2-5,9-10,24H,6-8,11H2,1H3. The normalized spacial score (nSPS) is 18.5. The van der Waals surface area contributed by atoms with Crippen LogP contribution in [0, 0.1) is 5.41 Å². The van der Waals surface area contributed by atoms with Gasteiger partial charge in [0.2, 0.25) is 0 Å². The molecule has 0 aliphatic carbocycles. The summed E-state index contributed by atoms with van der Waals surface area (Å²) >= 11 is 0. The van der Waals surface area contributed by atoms with Crippen molar-refractivity contribution in [3.05, 3.63) is 53.8 Å². The van der Waals surface area contributed by atoms with E-state index < -0.39 is 17.2 Å². The first-order chi connectivity index (χ1) is 12.3. The summed E-state index contributed by atoms with van der Waals surface area (Å²) in [5.41, 5.74) is -0.874. The van der Waals surface area contributed by atoms with Gasteiger partial charge in [0.1, 0.15) is 25.2 Å². The van der Waals surface area contributed by atoms with Crippen molar-refractivity contribution in [3.63, 3.8) is 0 Å². The number of allylic oxidation sites excluding steroid dienone is 1. The highest BCUT2D eigenvalue weighted by Gasteiger charge is 2.36. The summed E-state index contributed by atoms with van der Waals surface area (Å²) in [6.45, 7) is 2.33. The molecule has 0 bridgehead atoms. The number of alkyl halides is 3. The maximum atomic E-state index is 13.0. The van der Waals surface area contributed by atoms with Crippen LogP contribution in [0.15, 0.2) is 42.7 Å². The van der Waals surface area contributed by atoms with Crippen molar-refractivity contribution >= 4 is 5.70 Å². The smallest absolute Gasteiger partial charge is 0.416 e. The minimum Gasteiger partial charge on any atom is -0.510 e. The van der Waals surface area contributed by atoms with E-state index in [0.29, 0.717) is 11.3 Å². The van der Waals surface area contributed by atoms with Crippen molar-refractivity contribution in [2.45, 2.75) is 19.5 Å².